The Morgan fingerprint density at radius 2 is 1.86 bits per heavy atom. The van der Waals surface area contributed by atoms with Crippen LogP contribution in [0.2, 0.25) is 0 Å². The third-order valence-corrected chi connectivity index (χ3v) is 4.98. The molecule has 0 saturated carbocycles. The van der Waals surface area contributed by atoms with Gasteiger partial charge in [-0.1, -0.05) is 32.9 Å². The normalized spacial score (nSPS) is 16.2. The zero-order valence-electron chi connectivity index (χ0n) is 17.9. The molecule has 0 aromatic heterocycles. The van der Waals surface area contributed by atoms with Crippen LogP contribution in [0.1, 0.15) is 52.5 Å². The molecular weight excluding hydrogens is 350 g/mol. The fourth-order valence-corrected chi connectivity index (χ4v) is 3.28. The van der Waals surface area contributed by atoms with Crippen LogP contribution >= 0.6 is 0 Å². The van der Waals surface area contributed by atoms with Gasteiger partial charge in [-0.05, 0) is 50.4 Å². The molecule has 0 radical (unpaired) electrons. The van der Waals surface area contributed by atoms with E-state index in [0.29, 0.717) is 12.6 Å². The van der Waals surface area contributed by atoms with E-state index in [1.807, 2.05) is 38.1 Å². The number of carbonyl (C=O) groups is 1. The molecule has 0 bridgehead atoms. The van der Waals surface area contributed by atoms with Gasteiger partial charge in [0.1, 0.15) is 0 Å². The second-order valence-corrected chi connectivity index (χ2v) is 7.80. The molecule has 3 N–H and O–H groups in total. The number of guanidine groups is 1. The van der Waals surface area contributed by atoms with Crippen LogP contribution in [0.25, 0.3) is 0 Å². The zero-order chi connectivity index (χ0) is 20.4. The number of hydrogen-bond donors (Lipinski definition) is 3. The van der Waals surface area contributed by atoms with E-state index in [1.54, 1.807) is 0 Å². The van der Waals surface area contributed by atoms with Crippen LogP contribution in [0.15, 0.2) is 29.3 Å². The first-order valence-electron chi connectivity index (χ1n) is 10.7. The van der Waals surface area contributed by atoms with Gasteiger partial charge in [0, 0.05) is 37.3 Å². The quantitative estimate of drug-likeness (QED) is 0.473. The molecule has 1 aliphatic rings. The second kappa shape index (κ2) is 11.7. The minimum atomic E-state index is -0.0214. The van der Waals surface area contributed by atoms with Gasteiger partial charge in [0.05, 0.1) is 6.54 Å². The SMILES string of the molecule is CCCN1CCC(NC(=NCc2ccc(NC(=O)C(C)C)cc2)NCC)CC1. The Balaban J connectivity index is 1.87. The molecule has 0 spiro atoms. The van der Waals surface area contributed by atoms with Crippen molar-refractivity contribution in [2.24, 2.45) is 10.9 Å². The molecule has 1 amide bonds. The minimum Gasteiger partial charge on any atom is -0.357 e. The molecule has 0 atom stereocenters. The van der Waals surface area contributed by atoms with Crippen molar-refractivity contribution >= 4 is 17.6 Å². The van der Waals surface area contributed by atoms with Crippen molar-refractivity contribution < 1.29 is 4.79 Å². The molecule has 1 aromatic rings. The first-order chi connectivity index (χ1) is 13.5. The van der Waals surface area contributed by atoms with Crippen LogP contribution in [-0.4, -0.2) is 49.0 Å². The van der Waals surface area contributed by atoms with Gasteiger partial charge in [0.25, 0.3) is 0 Å². The average molecular weight is 388 g/mol. The van der Waals surface area contributed by atoms with Gasteiger partial charge in [0.2, 0.25) is 5.91 Å². The van der Waals surface area contributed by atoms with Crippen molar-refractivity contribution in [1.82, 2.24) is 15.5 Å². The third-order valence-electron chi connectivity index (χ3n) is 4.98. The highest BCUT2D eigenvalue weighted by Crippen LogP contribution is 2.13. The van der Waals surface area contributed by atoms with Gasteiger partial charge >= 0.3 is 0 Å². The molecule has 6 nitrogen and oxygen atoms in total. The maximum absolute atomic E-state index is 11.8. The van der Waals surface area contributed by atoms with Crippen LogP contribution in [0.5, 0.6) is 0 Å². The van der Waals surface area contributed by atoms with Gasteiger partial charge in [0.15, 0.2) is 5.96 Å². The number of aliphatic imine (C=N–C) groups is 1. The number of likely N-dealkylation sites (tertiary alicyclic amines) is 1. The lowest BCUT2D eigenvalue weighted by Gasteiger charge is -2.32. The van der Waals surface area contributed by atoms with E-state index in [0.717, 1.165) is 49.7 Å². The fourth-order valence-electron chi connectivity index (χ4n) is 3.28. The van der Waals surface area contributed by atoms with Crippen molar-refractivity contribution in [2.75, 3.05) is 31.5 Å². The summed E-state index contributed by atoms with van der Waals surface area (Å²) in [6, 6.07) is 8.40. The molecule has 0 aliphatic carbocycles. The first-order valence-corrected chi connectivity index (χ1v) is 10.7. The number of carbonyl (C=O) groups excluding carboxylic acids is 1. The van der Waals surface area contributed by atoms with E-state index < -0.39 is 0 Å². The average Bonchev–Trinajstić information content (AvgIpc) is 2.69. The van der Waals surface area contributed by atoms with Crippen LogP contribution < -0.4 is 16.0 Å². The summed E-state index contributed by atoms with van der Waals surface area (Å²) < 4.78 is 0. The number of rotatable bonds is 8. The van der Waals surface area contributed by atoms with E-state index in [4.69, 9.17) is 4.99 Å². The summed E-state index contributed by atoms with van der Waals surface area (Å²) in [5.41, 5.74) is 1.95. The Morgan fingerprint density at radius 1 is 1.18 bits per heavy atom. The predicted molar refractivity (Wildman–Crippen MR) is 118 cm³/mol. The molecule has 6 heteroatoms. The maximum atomic E-state index is 11.8. The molecule has 1 heterocycles. The largest absolute Gasteiger partial charge is 0.357 e. The summed E-state index contributed by atoms with van der Waals surface area (Å²) in [5, 5.41) is 9.87. The summed E-state index contributed by atoms with van der Waals surface area (Å²) in [4.78, 5) is 19.1. The summed E-state index contributed by atoms with van der Waals surface area (Å²) in [6.07, 6.45) is 3.55. The summed E-state index contributed by atoms with van der Waals surface area (Å²) in [7, 11) is 0. The molecule has 1 fully saturated rings. The van der Waals surface area contributed by atoms with E-state index >= 15 is 0 Å². The smallest absolute Gasteiger partial charge is 0.226 e. The molecular formula is C22H37N5O. The lowest BCUT2D eigenvalue weighted by atomic mass is 10.1. The van der Waals surface area contributed by atoms with Gasteiger partial charge in [-0.15, -0.1) is 0 Å². The molecule has 2 rings (SSSR count). The fraction of sp³-hybridized carbons (Fsp3) is 0.636. The Bertz CT molecular complexity index is 618. The van der Waals surface area contributed by atoms with E-state index in [-0.39, 0.29) is 11.8 Å². The molecule has 1 aromatic carbocycles. The van der Waals surface area contributed by atoms with Gasteiger partial charge in [-0.2, -0.15) is 0 Å². The first kappa shape index (κ1) is 22.2. The van der Waals surface area contributed by atoms with Gasteiger partial charge in [-0.25, -0.2) is 4.99 Å². The summed E-state index contributed by atoms with van der Waals surface area (Å²) >= 11 is 0. The lowest BCUT2D eigenvalue weighted by molar-refractivity contribution is -0.118. The zero-order valence-corrected chi connectivity index (χ0v) is 17.9. The number of benzene rings is 1. The highest BCUT2D eigenvalue weighted by molar-refractivity contribution is 5.92. The summed E-state index contributed by atoms with van der Waals surface area (Å²) in [6.45, 7) is 13.1. The molecule has 1 aliphatic heterocycles. The van der Waals surface area contributed by atoms with Crippen LogP contribution in [0, 0.1) is 5.92 Å². The third kappa shape index (κ3) is 7.50. The van der Waals surface area contributed by atoms with E-state index in [1.165, 1.54) is 13.0 Å². The number of nitrogens with zero attached hydrogens (tertiary/aromatic N) is 2. The van der Waals surface area contributed by atoms with Gasteiger partial charge in [-0.3, -0.25) is 4.79 Å². The van der Waals surface area contributed by atoms with Gasteiger partial charge < -0.3 is 20.9 Å². The highest BCUT2D eigenvalue weighted by atomic mass is 16.1. The molecule has 1 saturated heterocycles. The molecule has 28 heavy (non-hydrogen) atoms. The van der Waals surface area contributed by atoms with Crippen LogP contribution in [-0.2, 0) is 11.3 Å². The standard InChI is InChI=1S/C22H37N5O/c1-5-13-27-14-11-20(12-15-27)26-22(23-6-2)24-16-18-7-9-19(10-8-18)25-21(28)17(3)4/h7-10,17,20H,5-6,11-16H2,1-4H3,(H,25,28)(H2,23,24,26). The van der Waals surface area contributed by atoms with Crippen molar-refractivity contribution in [1.29, 1.82) is 0 Å². The maximum Gasteiger partial charge on any atom is 0.226 e. The number of hydrogen-bond acceptors (Lipinski definition) is 3. The van der Waals surface area contributed by atoms with E-state index in [9.17, 15) is 4.79 Å². The number of piperidine rings is 1. The number of anilines is 1. The molecule has 156 valence electrons. The van der Waals surface area contributed by atoms with Crippen LogP contribution in [0.4, 0.5) is 5.69 Å². The lowest BCUT2D eigenvalue weighted by Crippen LogP contribution is -2.48. The number of amides is 1. The highest BCUT2D eigenvalue weighted by Gasteiger charge is 2.19. The van der Waals surface area contributed by atoms with Crippen molar-refractivity contribution in [2.45, 2.75) is 59.5 Å². The summed E-state index contributed by atoms with van der Waals surface area (Å²) in [5.74, 6) is 0.898. The Hall–Kier alpha value is -2.08. The monoisotopic (exact) mass is 387 g/mol. The predicted octanol–water partition coefficient (Wildman–Crippen LogP) is 3.21. The molecule has 0 unspecified atom stereocenters. The van der Waals surface area contributed by atoms with E-state index in [2.05, 4.69) is 34.7 Å². The van der Waals surface area contributed by atoms with Crippen molar-refractivity contribution in [3.63, 3.8) is 0 Å². The Kier molecular flexibility index (Phi) is 9.28. The Labute approximate surface area is 170 Å². The topological polar surface area (TPSA) is 68.8 Å². The van der Waals surface area contributed by atoms with Crippen molar-refractivity contribution in [3.05, 3.63) is 29.8 Å². The second-order valence-electron chi connectivity index (χ2n) is 7.80. The van der Waals surface area contributed by atoms with Crippen molar-refractivity contribution in [3.8, 4) is 0 Å². The Morgan fingerprint density at radius 3 is 2.43 bits per heavy atom. The van der Waals surface area contributed by atoms with Crippen LogP contribution in [0.3, 0.4) is 0 Å². The minimum absolute atomic E-state index is 0.0214. The number of nitrogens with one attached hydrogen (secondary N) is 3.